The van der Waals surface area contributed by atoms with E-state index < -0.39 is 6.04 Å². The van der Waals surface area contributed by atoms with Crippen LogP contribution in [0.3, 0.4) is 0 Å². The van der Waals surface area contributed by atoms with Crippen molar-refractivity contribution in [2.75, 3.05) is 31.1 Å². The van der Waals surface area contributed by atoms with E-state index in [1.54, 1.807) is 35.8 Å². The molecule has 1 aliphatic heterocycles. The summed E-state index contributed by atoms with van der Waals surface area (Å²) < 4.78 is 16.5. The molecule has 0 aliphatic carbocycles. The number of pyridine rings is 1. The standard InChI is InChI=1S/C25H28FN3O2/c1-3-29-18(2)17-22(30)23(25(29)31)24(20-11-7-8-12-21(20)26)28-15-13-27(14-16-28)19-9-5-4-6-10-19/h4-12,17,24,30H,3,13-16H2,1-2H3/t24-/m0/s1. The lowest BCUT2D eigenvalue weighted by Crippen LogP contribution is -2.49. The van der Waals surface area contributed by atoms with Gasteiger partial charge < -0.3 is 14.6 Å². The lowest BCUT2D eigenvalue weighted by Gasteiger charge is -2.40. The summed E-state index contributed by atoms with van der Waals surface area (Å²) in [5.74, 6) is -0.452. The lowest BCUT2D eigenvalue weighted by molar-refractivity contribution is 0.204. The number of aromatic nitrogens is 1. The second-order valence-electron chi connectivity index (χ2n) is 7.92. The van der Waals surface area contributed by atoms with Crippen LogP contribution in [0.25, 0.3) is 0 Å². The van der Waals surface area contributed by atoms with E-state index in [1.165, 1.54) is 6.07 Å². The van der Waals surface area contributed by atoms with Gasteiger partial charge in [0.15, 0.2) is 0 Å². The van der Waals surface area contributed by atoms with Gasteiger partial charge in [0.1, 0.15) is 11.6 Å². The largest absolute Gasteiger partial charge is 0.507 e. The monoisotopic (exact) mass is 421 g/mol. The highest BCUT2D eigenvalue weighted by atomic mass is 19.1. The number of para-hydroxylation sites is 1. The molecule has 0 saturated carbocycles. The molecule has 162 valence electrons. The van der Waals surface area contributed by atoms with Crippen molar-refractivity contribution in [1.29, 1.82) is 0 Å². The number of benzene rings is 2. The minimum absolute atomic E-state index is 0.0778. The predicted octanol–water partition coefficient (Wildman–Crippen LogP) is 3.93. The number of halogens is 1. The fraction of sp³-hybridized carbons (Fsp3) is 0.320. The first-order chi connectivity index (χ1) is 15.0. The van der Waals surface area contributed by atoms with E-state index in [-0.39, 0.29) is 22.7 Å². The smallest absolute Gasteiger partial charge is 0.259 e. The molecule has 0 unspecified atom stereocenters. The van der Waals surface area contributed by atoms with E-state index in [1.807, 2.05) is 25.1 Å². The number of aryl methyl sites for hydroxylation is 1. The Morgan fingerprint density at radius 2 is 1.65 bits per heavy atom. The average molecular weight is 422 g/mol. The summed E-state index contributed by atoms with van der Waals surface area (Å²) in [5.41, 5.74) is 2.23. The molecule has 5 nitrogen and oxygen atoms in total. The van der Waals surface area contributed by atoms with Gasteiger partial charge in [-0.3, -0.25) is 9.69 Å². The topological polar surface area (TPSA) is 48.7 Å². The highest BCUT2D eigenvalue weighted by Gasteiger charge is 2.32. The van der Waals surface area contributed by atoms with E-state index >= 15 is 0 Å². The maximum atomic E-state index is 14.9. The van der Waals surface area contributed by atoms with Gasteiger partial charge in [-0.25, -0.2) is 4.39 Å². The zero-order chi connectivity index (χ0) is 22.0. The average Bonchev–Trinajstić information content (AvgIpc) is 2.78. The van der Waals surface area contributed by atoms with Gasteiger partial charge >= 0.3 is 0 Å². The van der Waals surface area contributed by atoms with Gasteiger partial charge in [-0.2, -0.15) is 0 Å². The summed E-state index contributed by atoms with van der Waals surface area (Å²) in [4.78, 5) is 17.7. The molecule has 1 aromatic heterocycles. The molecule has 0 radical (unpaired) electrons. The first-order valence-electron chi connectivity index (χ1n) is 10.7. The van der Waals surface area contributed by atoms with Crippen LogP contribution in [0.1, 0.15) is 29.8 Å². The molecule has 3 aromatic rings. The number of aromatic hydroxyl groups is 1. The number of nitrogens with zero attached hydrogens (tertiary/aromatic N) is 3. The van der Waals surface area contributed by atoms with Gasteiger partial charge in [0.25, 0.3) is 5.56 Å². The summed E-state index contributed by atoms with van der Waals surface area (Å²) in [7, 11) is 0. The third-order valence-electron chi connectivity index (χ3n) is 6.11. The Labute approximate surface area is 182 Å². The molecule has 2 aromatic carbocycles. The summed E-state index contributed by atoms with van der Waals surface area (Å²) >= 11 is 0. The first-order valence-corrected chi connectivity index (χ1v) is 10.7. The second kappa shape index (κ2) is 8.94. The van der Waals surface area contributed by atoms with E-state index in [2.05, 4.69) is 21.9 Å². The summed E-state index contributed by atoms with van der Waals surface area (Å²) in [5, 5.41) is 10.8. The lowest BCUT2D eigenvalue weighted by atomic mass is 9.95. The van der Waals surface area contributed by atoms with Crippen LogP contribution in [0.5, 0.6) is 5.75 Å². The van der Waals surface area contributed by atoms with Gasteiger partial charge in [0, 0.05) is 49.7 Å². The molecule has 1 N–H and O–H groups in total. The molecular weight excluding hydrogens is 393 g/mol. The van der Waals surface area contributed by atoms with Crippen molar-refractivity contribution in [3.63, 3.8) is 0 Å². The maximum absolute atomic E-state index is 14.9. The highest BCUT2D eigenvalue weighted by molar-refractivity contribution is 5.47. The zero-order valence-electron chi connectivity index (χ0n) is 18.0. The Morgan fingerprint density at radius 3 is 2.29 bits per heavy atom. The molecule has 31 heavy (non-hydrogen) atoms. The van der Waals surface area contributed by atoms with Crippen molar-refractivity contribution >= 4 is 5.69 Å². The molecule has 1 fully saturated rings. The minimum Gasteiger partial charge on any atom is -0.507 e. The van der Waals surface area contributed by atoms with Crippen molar-refractivity contribution in [3.8, 4) is 5.75 Å². The maximum Gasteiger partial charge on any atom is 0.259 e. The summed E-state index contributed by atoms with van der Waals surface area (Å²) in [6.07, 6.45) is 0. The van der Waals surface area contributed by atoms with Gasteiger partial charge in [-0.15, -0.1) is 0 Å². The first kappa shape index (κ1) is 21.1. The van der Waals surface area contributed by atoms with Crippen molar-refractivity contribution in [3.05, 3.63) is 93.7 Å². The van der Waals surface area contributed by atoms with E-state index in [0.717, 1.165) is 18.8 Å². The molecule has 0 spiro atoms. The van der Waals surface area contributed by atoms with Crippen LogP contribution in [0.2, 0.25) is 0 Å². The van der Waals surface area contributed by atoms with Crippen LogP contribution in [-0.4, -0.2) is 40.8 Å². The predicted molar refractivity (Wildman–Crippen MR) is 121 cm³/mol. The van der Waals surface area contributed by atoms with Gasteiger partial charge in [0.2, 0.25) is 0 Å². The molecule has 2 heterocycles. The van der Waals surface area contributed by atoms with Crippen molar-refractivity contribution in [1.82, 2.24) is 9.47 Å². The van der Waals surface area contributed by atoms with Crippen LogP contribution in [-0.2, 0) is 6.54 Å². The van der Waals surface area contributed by atoms with Crippen molar-refractivity contribution in [2.45, 2.75) is 26.4 Å². The van der Waals surface area contributed by atoms with Gasteiger partial charge in [-0.05, 0) is 38.1 Å². The quantitative estimate of drug-likeness (QED) is 0.678. The number of anilines is 1. The third-order valence-corrected chi connectivity index (χ3v) is 6.11. The SMILES string of the molecule is CCn1c(C)cc(O)c([C@H](c2ccccc2F)N2CCN(c3ccccc3)CC2)c1=O. The molecule has 1 atom stereocenters. The molecule has 4 rings (SSSR count). The Balaban J connectivity index is 1.75. The van der Waals surface area contributed by atoms with Crippen molar-refractivity contribution < 1.29 is 9.50 Å². The second-order valence-corrected chi connectivity index (χ2v) is 7.92. The van der Waals surface area contributed by atoms with E-state index in [0.29, 0.717) is 30.9 Å². The number of piperazine rings is 1. The van der Waals surface area contributed by atoms with E-state index in [4.69, 9.17) is 0 Å². The number of hydrogen-bond donors (Lipinski definition) is 1. The molecule has 6 heteroatoms. The molecule has 0 bridgehead atoms. The zero-order valence-corrected chi connectivity index (χ0v) is 18.0. The summed E-state index contributed by atoms with van der Waals surface area (Å²) in [6.45, 7) is 6.98. The molecule has 1 saturated heterocycles. The summed E-state index contributed by atoms with van der Waals surface area (Å²) in [6, 6.07) is 17.7. The minimum atomic E-state index is -0.648. The Kier molecular flexibility index (Phi) is 6.09. The molecule has 0 amide bonds. The number of rotatable bonds is 5. The molecular formula is C25H28FN3O2. The third kappa shape index (κ3) is 4.08. The Bertz CT molecular complexity index is 1110. The van der Waals surface area contributed by atoms with Crippen LogP contribution >= 0.6 is 0 Å². The van der Waals surface area contributed by atoms with Gasteiger partial charge in [-0.1, -0.05) is 36.4 Å². The van der Waals surface area contributed by atoms with Crippen LogP contribution in [0.4, 0.5) is 10.1 Å². The fourth-order valence-electron chi connectivity index (χ4n) is 4.53. The Morgan fingerprint density at radius 1 is 1.00 bits per heavy atom. The Hall–Kier alpha value is -3.12. The highest BCUT2D eigenvalue weighted by Crippen LogP contribution is 2.35. The van der Waals surface area contributed by atoms with Crippen LogP contribution < -0.4 is 10.5 Å². The van der Waals surface area contributed by atoms with Crippen LogP contribution in [0.15, 0.2) is 65.5 Å². The van der Waals surface area contributed by atoms with Gasteiger partial charge in [0.05, 0.1) is 11.6 Å². The molecule has 1 aliphatic rings. The van der Waals surface area contributed by atoms with Crippen molar-refractivity contribution in [2.24, 2.45) is 0 Å². The fourth-order valence-corrected chi connectivity index (χ4v) is 4.53. The normalized spacial score (nSPS) is 15.8. The number of hydrogen-bond acceptors (Lipinski definition) is 4. The van der Waals surface area contributed by atoms with E-state index in [9.17, 15) is 14.3 Å². The van der Waals surface area contributed by atoms with Crippen LogP contribution in [0, 0.1) is 12.7 Å².